The van der Waals surface area contributed by atoms with Gasteiger partial charge in [0.15, 0.2) is 0 Å². The minimum atomic E-state index is 0.159. The summed E-state index contributed by atoms with van der Waals surface area (Å²) in [6, 6.07) is 14.5. The third-order valence-corrected chi connectivity index (χ3v) is 4.37. The van der Waals surface area contributed by atoms with Crippen LogP contribution in [0.5, 0.6) is 0 Å². The standard InChI is InChI=1S/C17H16INO/c1-12-3-2-4-13(9-12)11-19-8-7-14-5-6-15(18)10-16(14)17(19)20/h2-6,9-10H,7-8,11H2,1H3. The van der Waals surface area contributed by atoms with Crippen LogP contribution in [0, 0.1) is 10.5 Å². The summed E-state index contributed by atoms with van der Waals surface area (Å²) < 4.78 is 1.12. The summed E-state index contributed by atoms with van der Waals surface area (Å²) in [4.78, 5) is 14.5. The number of fused-ring (bicyclic) bond motifs is 1. The van der Waals surface area contributed by atoms with Gasteiger partial charge in [-0.15, -0.1) is 0 Å². The number of carbonyl (C=O) groups is 1. The minimum Gasteiger partial charge on any atom is -0.334 e. The number of hydrogen-bond acceptors (Lipinski definition) is 1. The molecule has 2 nitrogen and oxygen atoms in total. The van der Waals surface area contributed by atoms with Crippen LogP contribution in [0.4, 0.5) is 0 Å². The Bertz CT molecular complexity index is 666. The van der Waals surface area contributed by atoms with Crippen molar-refractivity contribution in [2.45, 2.75) is 19.9 Å². The topological polar surface area (TPSA) is 20.3 Å². The average Bonchev–Trinajstić information content (AvgIpc) is 2.43. The van der Waals surface area contributed by atoms with Gasteiger partial charge in [0, 0.05) is 22.2 Å². The van der Waals surface area contributed by atoms with E-state index in [0.717, 1.165) is 22.1 Å². The summed E-state index contributed by atoms with van der Waals surface area (Å²) in [7, 11) is 0. The predicted octanol–water partition coefficient (Wildman–Crippen LogP) is 3.80. The van der Waals surface area contributed by atoms with Crippen molar-refractivity contribution < 1.29 is 4.79 Å². The van der Waals surface area contributed by atoms with E-state index in [-0.39, 0.29) is 5.91 Å². The Hall–Kier alpha value is -1.36. The van der Waals surface area contributed by atoms with Crippen LogP contribution < -0.4 is 0 Å². The fourth-order valence-electron chi connectivity index (χ4n) is 2.67. The monoisotopic (exact) mass is 377 g/mol. The van der Waals surface area contributed by atoms with Crippen LogP contribution in [0.3, 0.4) is 0 Å². The van der Waals surface area contributed by atoms with Crippen molar-refractivity contribution in [3.63, 3.8) is 0 Å². The van der Waals surface area contributed by atoms with E-state index in [0.29, 0.717) is 6.54 Å². The highest BCUT2D eigenvalue weighted by molar-refractivity contribution is 14.1. The Morgan fingerprint density at radius 3 is 2.85 bits per heavy atom. The summed E-state index contributed by atoms with van der Waals surface area (Å²) in [6.45, 7) is 3.59. The fraction of sp³-hybridized carbons (Fsp3) is 0.235. The van der Waals surface area contributed by atoms with E-state index in [4.69, 9.17) is 0 Å². The van der Waals surface area contributed by atoms with Gasteiger partial charge in [0.05, 0.1) is 0 Å². The molecule has 0 unspecified atom stereocenters. The first kappa shape index (κ1) is 13.6. The maximum absolute atomic E-state index is 12.6. The second-order valence-electron chi connectivity index (χ2n) is 5.27. The van der Waals surface area contributed by atoms with Gasteiger partial charge in [-0.1, -0.05) is 35.9 Å². The van der Waals surface area contributed by atoms with E-state index >= 15 is 0 Å². The predicted molar refractivity (Wildman–Crippen MR) is 88.8 cm³/mol. The SMILES string of the molecule is Cc1cccc(CN2CCc3ccc(I)cc3C2=O)c1. The van der Waals surface area contributed by atoms with Crippen molar-refractivity contribution in [3.05, 3.63) is 68.3 Å². The molecule has 0 spiro atoms. The molecule has 102 valence electrons. The maximum Gasteiger partial charge on any atom is 0.254 e. The van der Waals surface area contributed by atoms with Crippen molar-refractivity contribution in [3.8, 4) is 0 Å². The van der Waals surface area contributed by atoms with E-state index in [9.17, 15) is 4.79 Å². The molecule has 0 saturated carbocycles. The highest BCUT2D eigenvalue weighted by Crippen LogP contribution is 2.22. The zero-order valence-corrected chi connectivity index (χ0v) is 13.6. The molecule has 0 aromatic heterocycles. The number of benzene rings is 2. The Balaban J connectivity index is 1.85. The lowest BCUT2D eigenvalue weighted by atomic mass is 9.98. The number of amides is 1. The Kier molecular flexibility index (Phi) is 3.78. The van der Waals surface area contributed by atoms with Crippen LogP contribution in [-0.2, 0) is 13.0 Å². The molecule has 0 fully saturated rings. The number of halogens is 1. The molecule has 3 heteroatoms. The first-order valence-electron chi connectivity index (χ1n) is 6.77. The van der Waals surface area contributed by atoms with E-state index in [2.05, 4.69) is 65.9 Å². The van der Waals surface area contributed by atoms with Crippen molar-refractivity contribution in [2.24, 2.45) is 0 Å². The summed E-state index contributed by atoms with van der Waals surface area (Å²) in [5, 5.41) is 0. The highest BCUT2D eigenvalue weighted by Gasteiger charge is 2.24. The van der Waals surface area contributed by atoms with Gasteiger partial charge in [-0.2, -0.15) is 0 Å². The van der Waals surface area contributed by atoms with Gasteiger partial charge in [0.1, 0.15) is 0 Å². The number of aryl methyl sites for hydroxylation is 1. The molecule has 1 aliphatic rings. The summed E-state index contributed by atoms with van der Waals surface area (Å²) in [5.74, 6) is 0.159. The van der Waals surface area contributed by atoms with E-state index in [1.807, 2.05) is 11.0 Å². The average molecular weight is 377 g/mol. The largest absolute Gasteiger partial charge is 0.334 e. The van der Waals surface area contributed by atoms with Crippen LogP contribution in [-0.4, -0.2) is 17.4 Å². The molecule has 3 rings (SSSR count). The molecule has 0 N–H and O–H groups in total. The summed E-state index contributed by atoms with van der Waals surface area (Å²) in [5.41, 5.74) is 4.49. The Labute approximate surface area is 132 Å². The molecule has 0 saturated heterocycles. The molecule has 0 radical (unpaired) electrons. The highest BCUT2D eigenvalue weighted by atomic mass is 127. The minimum absolute atomic E-state index is 0.159. The number of carbonyl (C=O) groups excluding carboxylic acids is 1. The van der Waals surface area contributed by atoms with Crippen molar-refractivity contribution >= 4 is 28.5 Å². The number of nitrogens with zero attached hydrogens (tertiary/aromatic N) is 1. The maximum atomic E-state index is 12.6. The van der Waals surface area contributed by atoms with Crippen LogP contribution in [0.1, 0.15) is 27.0 Å². The second-order valence-corrected chi connectivity index (χ2v) is 6.51. The molecular weight excluding hydrogens is 361 g/mol. The van der Waals surface area contributed by atoms with Gasteiger partial charge < -0.3 is 4.90 Å². The zero-order valence-electron chi connectivity index (χ0n) is 11.4. The normalized spacial score (nSPS) is 14.3. The lowest BCUT2D eigenvalue weighted by Gasteiger charge is -2.29. The van der Waals surface area contributed by atoms with Gasteiger partial charge in [-0.3, -0.25) is 4.79 Å². The molecule has 0 atom stereocenters. The molecule has 0 bridgehead atoms. The van der Waals surface area contributed by atoms with Gasteiger partial charge in [-0.25, -0.2) is 0 Å². The summed E-state index contributed by atoms with van der Waals surface area (Å²) >= 11 is 2.26. The van der Waals surface area contributed by atoms with Crippen molar-refractivity contribution in [1.82, 2.24) is 4.90 Å². The van der Waals surface area contributed by atoms with E-state index in [1.165, 1.54) is 16.7 Å². The second kappa shape index (κ2) is 5.56. The van der Waals surface area contributed by atoms with Crippen molar-refractivity contribution in [2.75, 3.05) is 6.54 Å². The van der Waals surface area contributed by atoms with Crippen LogP contribution in [0.15, 0.2) is 42.5 Å². The molecule has 20 heavy (non-hydrogen) atoms. The quantitative estimate of drug-likeness (QED) is 0.730. The van der Waals surface area contributed by atoms with Gasteiger partial charge in [-0.05, 0) is 59.2 Å². The molecule has 1 amide bonds. The smallest absolute Gasteiger partial charge is 0.254 e. The van der Waals surface area contributed by atoms with Gasteiger partial charge in [0.2, 0.25) is 0 Å². The first-order valence-corrected chi connectivity index (χ1v) is 7.84. The van der Waals surface area contributed by atoms with Gasteiger partial charge in [0.25, 0.3) is 5.91 Å². The third-order valence-electron chi connectivity index (χ3n) is 3.70. The van der Waals surface area contributed by atoms with Crippen LogP contribution in [0.25, 0.3) is 0 Å². The van der Waals surface area contributed by atoms with E-state index in [1.54, 1.807) is 0 Å². The van der Waals surface area contributed by atoms with Crippen molar-refractivity contribution in [1.29, 1.82) is 0 Å². The molecule has 0 aliphatic carbocycles. The molecule has 2 aromatic rings. The van der Waals surface area contributed by atoms with Gasteiger partial charge >= 0.3 is 0 Å². The molecule has 1 aliphatic heterocycles. The molecule has 1 heterocycles. The third kappa shape index (κ3) is 2.73. The molecule has 2 aromatic carbocycles. The Morgan fingerprint density at radius 2 is 2.05 bits per heavy atom. The summed E-state index contributed by atoms with van der Waals surface area (Å²) in [6.07, 6.45) is 0.948. The Morgan fingerprint density at radius 1 is 1.20 bits per heavy atom. The van der Waals surface area contributed by atoms with E-state index < -0.39 is 0 Å². The lowest BCUT2D eigenvalue weighted by molar-refractivity contribution is 0.0727. The van der Waals surface area contributed by atoms with Crippen LogP contribution >= 0.6 is 22.6 Å². The fourth-order valence-corrected chi connectivity index (χ4v) is 3.17. The zero-order chi connectivity index (χ0) is 14.1. The molecular formula is C17H16INO. The lowest BCUT2D eigenvalue weighted by Crippen LogP contribution is -2.37. The number of rotatable bonds is 2. The number of hydrogen-bond donors (Lipinski definition) is 0. The first-order chi connectivity index (χ1) is 9.63. The van der Waals surface area contributed by atoms with Crippen LogP contribution in [0.2, 0.25) is 0 Å².